The highest BCUT2D eigenvalue weighted by Gasteiger charge is 1.97. The zero-order chi connectivity index (χ0) is 9.52. The summed E-state index contributed by atoms with van der Waals surface area (Å²) in [5.41, 5.74) is 1.34. The fourth-order valence-corrected chi connectivity index (χ4v) is 1.43. The summed E-state index contributed by atoms with van der Waals surface area (Å²) in [6.07, 6.45) is 6.85. The quantitative estimate of drug-likeness (QED) is 0.671. The molecule has 1 heterocycles. The monoisotopic (exact) mass is 181 g/mol. The molecule has 0 aliphatic carbocycles. The minimum Gasteiger partial charge on any atom is -0.320 e. The molecule has 0 aliphatic heterocycles. The number of aromatic nitrogens is 2. The normalized spacial score (nSPS) is 10.6. The van der Waals surface area contributed by atoms with Crippen molar-refractivity contribution in [1.29, 1.82) is 0 Å². The van der Waals surface area contributed by atoms with Gasteiger partial charge in [0.1, 0.15) is 0 Å². The molecular formula is C10H19N3. The fourth-order valence-electron chi connectivity index (χ4n) is 1.43. The van der Waals surface area contributed by atoms with E-state index in [1.807, 2.05) is 25.0 Å². The van der Waals surface area contributed by atoms with Crippen molar-refractivity contribution in [3.63, 3.8) is 0 Å². The predicted molar refractivity (Wildman–Crippen MR) is 54.7 cm³/mol. The fraction of sp³-hybridized carbons (Fsp3) is 0.700. The Balaban J connectivity index is 2.10. The van der Waals surface area contributed by atoms with Gasteiger partial charge in [0.25, 0.3) is 0 Å². The summed E-state index contributed by atoms with van der Waals surface area (Å²) in [6, 6.07) is 2.10. The zero-order valence-corrected chi connectivity index (χ0v) is 8.58. The van der Waals surface area contributed by atoms with Crippen LogP contribution in [-0.4, -0.2) is 23.4 Å². The lowest BCUT2D eigenvalue weighted by Crippen LogP contribution is -2.07. The lowest BCUT2D eigenvalue weighted by molar-refractivity contribution is 0.617. The van der Waals surface area contributed by atoms with E-state index in [4.69, 9.17) is 0 Å². The lowest BCUT2D eigenvalue weighted by Gasteiger charge is -2.01. The third kappa shape index (κ3) is 3.59. The number of nitrogens with one attached hydrogen (secondary N) is 1. The molecule has 3 heteroatoms. The summed E-state index contributed by atoms with van der Waals surface area (Å²) >= 11 is 0. The van der Waals surface area contributed by atoms with E-state index in [0.717, 1.165) is 13.0 Å². The number of hydrogen-bond donors (Lipinski definition) is 1. The minimum atomic E-state index is 1.13. The van der Waals surface area contributed by atoms with Crippen LogP contribution in [0, 0.1) is 0 Å². The molecule has 1 N–H and O–H groups in total. The van der Waals surface area contributed by atoms with Crippen LogP contribution in [-0.2, 0) is 13.5 Å². The van der Waals surface area contributed by atoms with Crippen molar-refractivity contribution in [2.45, 2.75) is 25.7 Å². The highest BCUT2D eigenvalue weighted by molar-refractivity contribution is 4.99. The van der Waals surface area contributed by atoms with Crippen LogP contribution in [0.3, 0.4) is 0 Å². The second-order valence-corrected chi connectivity index (χ2v) is 3.36. The van der Waals surface area contributed by atoms with E-state index in [9.17, 15) is 0 Å². The van der Waals surface area contributed by atoms with E-state index in [1.165, 1.54) is 25.0 Å². The molecule has 0 amide bonds. The van der Waals surface area contributed by atoms with E-state index in [0.29, 0.717) is 0 Å². The van der Waals surface area contributed by atoms with Gasteiger partial charge in [-0.3, -0.25) is 4.68 Å². The summed E-state index contributed by atoms with van der Waals surface area (Å²) < 4.78 is 1.96. The number of rotatable bonds is 6. The highest BCUT2D eigenvalue weighted by atomic mass is 15.2. The molecule has 0 fully saturated rings. The lowest BCUT2D eigenvalue weighted by atomic mass is 10.1. The largest absolute Gasteiger partial charge is 0.320 e. The molecule has 0 radical (unpaired) electrons. The van der Waals surface area contributed by atoms with Gasteiger partial charge in [0.2, 0.25) is 0 Å². The summed E-state index contributed by atoms with van der Waals surface area (Å²) in [6.45, 7) is 1.13. The van der Waals surface area contributed by atoms with Gasteiger partial charge in [-0.1, -0.05) is 6.42 Å². The Morgan fingerprint density at radius 3 is 2.85 bits per heavy atom. The third-order valence-corrected chi connectivity index (χ3v) is 2.28. The molecule has 0 aliphatic rings. The SMILES string of the molecule is CNCCCCCc1ccnn1C. The number of hydrogen-bond acceptors (Lipinski definition) is 2. The first-order valence-electron chi connectivity index (χ1n) is 4.96. The first-order chi connectivity index (χ1) is 6.34. The first kappa shape index (κ1) is 10.3. The molecule has 1 aromatic heterocycles. The second-order valence-electron chi connectivity index (χ2n) is 3.36. The van der Waals surface area contributed by atoms with E-state index >= 15 is 0 Å². The van der Waals surface area contributed by atoms with E-state index in [2.05, 4.69) is 16.5 Å². The summed E-state index contributed by atoms with van der Waals surface area (Å²) in [4.78, 5) is 0. The third-order valence-electron chi connectivity index (χ3n) is 2.28. The molecule has 0 unspecified atom stereocenters. The minimum absolute atomic E-state index is 1.13. The predicted octanol–water partition coefficient (Wildman–Crippen LogP) is 1.35. The number of unbranched alkanes of at least 4 members (excludes halogenated alkanes) is 2. The van der Waals surface area contributed by atoms with Crippen LogP contribution >= 0.6 is 0 Å². The highest BCUT2D eigenvalue weighted by Crippen LogP contribution is 2.04. The molecule has 74 valence electrons. The van der Waals surface area contributed by atoms with Crippen molar-refractivity contribution in [3.8, 4) is 0 Å². The van der Waals surface area contributed by atoms with Crippen molar-refractivity contribution >= 4 is 0 Å². The number of aryl methyl sites for hydroxylation is 2. The van der Waals surface area contributed by atoms with Crippen LogP contribution < -0.4 is 5.32 Å². The van der Waals surface area contributed by atoms with Crippen LogP contribution in [0.5, 0.6) is 0 Å². The smallest absolute Gasteiger partial charge is 0.0492 e. The van der Waals surface area contributed by atoms with Gasteiger partial charge in [-0.05, 0) is 38.9 Å². The summed E-state index contributed by atoms with van der Waals surface area (Å²) in [5, 5.41) is 7.29. The molecule has 0 bridgehead atoms. The molecule has 0 saturated carbocycles. The Bertz CT molecular complexity index is 230. The van der Waals surface area contributed by atoms with Crippen LogP contribution in [0.4, 0.5) is 0 Å². The Kier molecular flexibility index (Phi) is 4.54. The average Bonchev–Trinajstić information content (AvgIpc) is 2.52. The van der Waals surface area contributed by atoms with Gasteiger partial charge in [0.15, 0.2) is 0 Å². The topological polar surface area (TPSA) is 29.9 Å². The van der Waals surface area contributed by atoms with E-state index in [1.54, 1.807) is 0 Å². The zero-order valence-electron chi connectivity index (χ0n) is 8.58. The van der Waals surface area contributed by atoms with Gasteiger partial charge in [0.05, 0.1) is 0 Å². The molecule has 1 aromatic rings. The average molecular weight is 181 g/mol. The molecule has 0 atom stereocenters. The van der Waals surface area contributed by atoms with Crippen molar-refractivity contribution in [3.05, 3.63) is 18.0 Å². The number of nitrogens with zero attached hydrogens (tertiary/aromatic N) is 2. The molecule has 0 spiro atoms. The van der Waals surface area contributed by atoms with Gasteiger partial charge < -0.3 is 5.32 Å². The molecular weight excluding hydrogens is 162 g/mol. The van der Waals surface area contributed by atoms with Crippen molar-refractivity contribution in [2.24, 2.45) is 7.05 Å². The second kappa shape index (κ2) is 5.75. The molecule has 1 rings (SSSR count). The molecule has 0 saturated heterocycles. The van der Waals surface area contributed by atoms with Gasteiger partial charge in [0, 0.05) is 18.9 Å². The van der Waals surface area contributed by atoms with E-state index < -0.39 is 0 Å². The molecule has 3 nitrogen and oxygen atoms in total. The Morgan fingerprint density at radius 2 is 2.23 bits per heavy atom. The summed E-state index contributed by atoms with van der Waals surface area (Å²) in [5.74, 6) is 0. The maximum atomic E-state index is 4.14. The molecule has 13 heavy (non-hydrogen) atoms. The standard InChI is InChI=1S/C10H19N3/c1-11-8-5-3-4-6-10-7-9-12-13(10)2/h7,9,11H,3-6,8H2,1-2H3. The van der Waals surface area contributed by atoms with Crippen molar-refractivity contribution in [2.75, 3.05) is 13.6 Å². The summed E-state index contributed by atoms with van der Waals surface area (Å²) in [7, 11) is 4.00. The van der Waals surface area contributed by atoms with Crippen LogP contribution in [0.25, 0.3) is 0 Å². The van der Waals surface area contributed by atoms with Crippen molar-refractivity contribution < 1.29 is 0 Å². The van der Waals surface area contributed by atoms with E-state index in [-0.39, 0.29) is 0 Å². The first-order valence-corrected chi connectivity index (χ1v) is 4.96. The Hall–Kier alpha value is -0.830. The van der Waals surface area contributed by atoms with Gasteiger partial charge >= 0.3 is 0 Å². The Morgan fingerprint density at radius 1 is 1.38 bits per heavy atom. The maximum absolute atomic E-state index is 4.14. The van der Waals surface area contributed by atoms with Gasteiger partial charge in [-0.2, -0.15) is 5.10 Å². The van der Waals surface area contributed by atoms with Gasteiger partial charge in [-0.25, -0.2) is 0 Å². The van der Waals surface area contributed by atoms with Crippen LogP contribution in [0.2, 0.25) is 0 Å². The van der Waals surface area contributed by atoms with Gasteiger partial charge in [-0.15, -0.1) is 0 Å². The molecule has 0 aromatic carbocycles. The maximum Gasteiger partial charge on any atom is 0.0492 e. The van der Waals surface area contributed by atoms with Crippen LogP contribution in [0.15, 0.2) is 12.3 Å². The van der Waals surface area contributed by atoms with Crippen molar-refractivity contribution in [1.82, 2.24) is 15.1 Å². The van der Waals surface area contributed by atoms with Crippen LogP contribution in [0.1, 0.15) is 25.0 Å². The Labute approximate surface area is 80.1 Å².